The van der Waals surface area contributed by atoms with Crippen LogP contribution in [0.15, 0.2) is 58.3 Å². The third-order valence-electron chi connectivity index (χ3n) is 3.24. The van der Waals surface area contributed by atoms with Crippen LogP contribution in [0.1, 0.15) is 20.7 Å². The number of methoxy groups -OCH3 is 2. The van der Waals surface area contributed by atoms with Gasteiger partial charge in [-0.15, -0.1) is 0 Å². The van der Waals surface area contributed by atoms with Crippen molar-refractivity contribution in [1.82, 2.24) is 0 Å². The monoisotopic (exact) mass is 317 g/mol. The molecule has 0 spiro atoms. The molecule has 2 rings (SSSR count). The zero-order valence-electron chi connectivity index (χ0n) is 12.7. The molecule has 0 saturated heterocycles. The average Bonchev–Trinajstić information content (AvgIpc) is 2.59. The summed E-state index contributed by atoms with van der Waals surface area (Å²) in [5, 5.41) is 0. The molecule has 0 fully saturated rings. The van der Waals surface area contributed by atoms with Gasteiger partial charge in [0.05, 0.1) is 25.1 Å². The summed E-state index contributed by atoms with van der Waals surface area (Å²) in [6.45, 7) is 0. The van der Waals surface area contributed by atoms with Crippen LogP contribution in [0.3, 0.4) is 0 Å². The molecule has 0 bridgehead atoms. The first-order chi connectivity index (χ1) is 10.6. The molecule has 0 aliphatic rings. The van der Waals surface area contributed by atoms with Crippen LogP contribution in [0.5, 0.6) is 0 Å². The van der Waals surface area contributed by atoms with Crippen LogP contribution in [0, 0.1) is 0 Å². The molecule has 0 aliphatic heterocycles. The fourth-order valence-corrected chi connectivity index (χ4v) is 3.91. The van der Waals surface area contributed by atoms with E-state index in [1.54, 1.807) is 24.3 Å². The lowest BCUT2D eigenvalue weighted by Crippen LogP contribution is -2.14. The van der Waals surface area contributed by atoms with Crippen LogP contribution >= 0.6 is 0 Å². The first kappa shape index (κ1) is 16.1. The highest BCUT2D eigenvalue weighted by Gasteiger charge is 2.30. The van der Waals surface area contributed by atoms with Gasteiger partial charge in [0.15, 0.2) is 9.79 Å². The predicted octanol–water partition coefficient (Wildman–Crippen LogP) is 2.93. The largest absolute Gasteiger partial charge is 0.465 e. The van der Waals surface area contributed by atoms with Crippen LogP contribution in [0.4, 0.5) is 0 Å². The van der Waals surface area contributed by atoms with Gasteiger partial charge in [0.2, 0.25) is 0 Å². The maximum atomic E-state index is 11.9. The average molecular weight is 317 g/mol. The van der Waals surface area contributed by atoms with Crippen LogP contribution < -0.4 is 0 Å². The standard InChI is InChI=1S/C17H17O4S/c1-20-16(18)12-8-4-6-10-14(12)22(3)15-11-7-5-9-13(15)17(19)21-2/h4-11H,1-3H3/q+1. The number of benzene rings is 2. The minimum Gasteiger partial charge on any atom is -0.465 e. The van der Waals surface area contributed by atoms with E-state index in [4.69, 9.17) is 9.47 Å². The predicted molar refractivity (Wildman–Crippen MR) is 85.4 cm³/mol. The van der Waals surface area contributed by atoms with E-state index < -0.39 is 10.9 Å². The Kier molecular flexibility index (Phi) is 5.22. The Morgan fingerprint density at radius 3 is 1.50 bits per heavy atom. The Morgan fingerprint density at radius 1 is 0.773 bits per heavy atom. The molecule has 0 amide bonds. The van der Waals surface area contributed by atoms with Gasteiger partial charge in [-0.25, -0.2) is 9.59 Å². The zero-order chi connectivity index (χ0) is 16.1. The Hall–Kier alpha value is -2.27. The van der Waals surface area contributed by atoms with E-state index in [0.29, 0.717) is 11.1 Å². The molecule has 0 N–H and O–H groups in total. The number of rotatable bonds is 4. The van der Waals surface area contributed by atoms with Gasteiger partial charge in [-0.05, 0) is 24.3 Å². The van der Waals surface area contributed by atoms with E-state index in [9.17, 15) is 9.59 Å². The van der Waals surface area contributed by atoms with Gasteiger partial charge in [-0.1, -0.05) is 24.3 Å². The summed E-state index contributed by atoms with van der Waals surface area (Å²) in [5.41, 5.74) is 1.02. The number of hydrogen-bond donors (Lipinski definition) is 0. The Labute approximate surface area is 132 Å². The van der Waals surface area contributed by atoms with Crippen LogP contribution in [-0.4, -0.2) is 32.4 Å². The third-order valence-corrected chi connectivity index (χ3v) is 5.28. The second kappa shape index (κ2) is 7.13. The summed E-state index contributed by atoms with van der Waals surface area (Å²) in [4.78, 5) is 25.5. The molecular formula is C17H17O4S+. The quantitative estimate of drug-likeness (QED) is 0.643. The van der Waals surface area contributed by atoms with Gasteiger partial charge in [0, 0.05) is 0 Å². The number of ether oxygens (including phenoxy) is 2. The van der Waals surface area contributed by atoms with Crippen molar-refractivity contribution in [2.75, 3.05) is 20.5 Å². The number of carbonyl (C=O) groups excluding carboxylic acids is 2. The molecule has 5 heteroatoms. The summed E-state index contributed by atoms with van der Waals surface area (Å²) < 4.78 is 9.67. The third kappa shape index (κ3) is 3.14. The highest BCUT2D eigenvalue weighted by Crippen LogP contribution is 2.27. The molecular weight excluding hydrogens is 300 g/mol. The highest BCUT2D eigenvalue weighted by atomic mass is 32.2. The van der Waals surface area contributed by atoms with E-state index in [2.05, 4.69) is 0 Å². The molecule has 0 saturated carbocycles. The summed E-state index contributed by atoms with van der Waals surface area (Å²) in [6.07, 6.45) is 1.98. The zero-order valence-corrected chi connectivity index (χ0v) is 13.5. The Bertz CT molecular complexity index is 637. The maximum Gasteiger partial charge on any atom is 0.343 e. The van der Waals surface area contributed by atoms with E-state index in [-0.39, 0.29) is 11.9 Å². The van der Waals surface area contributed by atoms with E-state index in [0.717, 1.165) is 9.79 Å². The second-order valence-electron chi connectivity index (χ2n) is 4.49. The van der Waals surface area contributed by atoms with Gasteiger partial charge in [0.25, 0.3) is 0 Å². The molecule has 0 aromatic heterocycles. The van der Waals surface area contributed by atoms with Gasteiger partial charge in [-0.2, -0.15) is 0 Å². The van der Waals surface area contributed by atoms with Gasteiger partial charge >= 0.3 is 11.9 Å². The van der Waals surface area contributed by atoms with Gasteiger partial charge in [0.1, 0.15) is 17.4 Å². The second-order valence-corrected chi connectivity index (χ2v) is 6.39. The summed E-state index contributed by atoms with van der Waals surface area (Å²) in [6, 6.07) is 14.5. The lowest BCUT2D eigenvalue weighted by atomic mass is 10.2. The molecule has 0 aliphatic carbocycles. The van der Waals surface area contributed by atoms with Gasteiger partial charge < -0.3 is 9.47 Å². The van der Waals surface area contributed by atoms with E-state index in [1.807, 2.05) is 30.5 Å². The first-order valence-electron chi connectivity index (χ1n) is 6.60. The fraction of sp³-hybridized carbons (Fsp3) is 0.176. The van der Waals surface area contributed by atoms with Gasteiger partial charge in [-0.3, -0.25) is 0 Å². The lowest BCUT2D eigenvalue weighted by Gasteiger charge is -2.09. The van der Waals surface area contributed by atoms with Crippen molar-refractivity contribution in [3.63, 3.8) is 0 Å². The van der Waals surface area contributed by atoms with E-state index in [1.165, 1.54) is 14.2 Å². The highest BCUT2D eigenvalue weighted by molar-refractivity contribution is 7.96. The Balaban J connectivity index is 2.52. The normalized spacial score (nSPS) is 10.4. The Morgan fingerprint density at radius 2 is 1.14 bits per heavy atom. The van der Waals surface area contributed by atoms with Crippen molar-refractivity contribution in [3.8, 4) is 0 Å². The lowest BCUT2D eigenvalue weighted by molar-refractivity contribution is 0.0589. The molecule has 0 radical (unpaired) electrons. The van der Waals surface area contributed by atoms with Crippen molar-refractivity contribution in [3.05, 3.63) is 59.7 Å². The van der Waals surface area contributed by atoms with Crippen molar-refractivity contribution < 1.29 is 19.1 Å². The first-order valence-corrected chi connectivity index (χ1v) is 8.24. The van der Waals surface area contributed by atoms with Crippen LogP contribution in [0.2, 0.25) is 0 Å². The minimum atomic E-state index is -0.466. The molecule has 0 atom stereocenters. The number of carbonyl (C=O) groups is 2. The van der Waals surface area contributed by atoms with Crippen LogP contribution in [0.25, 0.3) is 0 Å². The van der Waals surface area contributed by atoms with Crippen molar-refractivity contribution in [2.24, 2.45) is 0 Å². The summed E-state index contributed by atoms with van der Waals surface area (Å²) >= 11 is 0. The molecule has 0 heterocycles. The van der Waals surface area contributed by atoms with Crippen LogP contribution in [-0.2, 0) is 20.4 Å². The smallest absolute Gasteiger partial charge is 0.343 e. The minimum absolute atomic E-state index is 0.384. The topological polar surface area (TPSA) is 52.6 Å². The number of esters is 2. The van der Waals surface area contributed by atoms with Crippen molar-refractivity contribution in [2.45, 2.75) is 9.79 Å². The molecule has 0 unspecified atom stereocenters. The molecule has 4 nitrogen and oxygen atoms in total. The SMILES string of the molecule is COC(=O)c1ccccc1[S+](C)c1ccccc1C(=O)OC. The van der Waals surface area contributed by atoms with Crippen molar-refractivity contribution >= 4 is 22.8 Å². The molecule has 22 heavy (non-hydrogen) atoms. The fourth-order valence-electron chi connectivity index (χ4n) is 2.14. The summed E-state index contributed by atoms with van der Waals surface area (Å²) in [7, 11) is 2.25. The summed E-state index contributed by atoms with van der Waals surface area (Å²) in [5.74, 6) is -0.768. The molecule has 114 valence electrons. The maximum absolute atomic E-state index is 11.9. The number of hydrogen-bond acceptors (Lipinski definition) is 4. The molecule has 2 aromatic rings. The van der Waals surface area contributed by atoms with E-state index >= 15 is 0 Å². The van der Waals surface area contributed by atoms with Crippen molar-refractivity contribution in [1.29, 1.82) is 0 Å². The molecule has 2 aromatic carbocycles.